The average Bonchev–Trinajstić information content (AvgIpc) is 2.28. The van der Waals surface area contributed by atoms with Crippen LogP contribution >= 0.6 is 11.8 Å². The first-order valence-corrected chi connectivity index (χ1v) is 5.41. The molecule has 1 aromatic rings. The summed E-state index contributed by atoms with van der Waals surface area (Å²) in [5.74, 6) is -0.998. The van der Waals surface area contributed by atoms with E-state index in [-0.39, 0.29) is 11.3 Å². The van der Waals surface area contributed by atoms with Crippen LogP contribution in [0.5, 0.6) is 0 Å². The Morgan fingerprint density at radius 1 is 1.65 bits per heavy atom. The normalized spacial score (nSPS) is 11.5. The molecule has 0 aliphatic heterocycles. The highest BCUT2D eigenvalue weighted by Gasteiger charge is 2.17. The summed E-state index contributed by atoms with van der Waals surface area (Å²) in [5.41, 5.74) is -0.350. The summed E-state index contributed by atoms with van der Waals surface area (Å²) in [5, 5.41) is 27.4. The lowest BCUT2D eigenvalue weighted by molar-refractivity contribution is -0.385. The van der Waals surface area contributed by atoms with Crippen molar-refractivity contribution in [3.05, 3.63) is 33.9 Å². The zero-order valence-corrected chi connectivity index (χ0v) is 9.60. The van der Waals surface area contributed by atoms with E-state index in [0.717, 1.165) is 11.8 Å². The molecule has 6 nitrogen and oxygen atoms in total. The number of thioether (sulfide) groups is 1. The number of benzene rings is 1. The second-order valence-electron chi connectivity index (χ2n) is 3.15. The first-order chi connectivity index (χ1) is 7.95. The predicted molar refractivity (Wildman–Crippen MR) is 60.8 cm³/mol. The third kappa shape index (κ3) is 3.19. The van der Waals surface area contributed by atoms with Gasteiger partial charge >= 0.3 is 5.97 Å². The maximum Gasteiger partial charge on any atom is 0.316 e. The lowest BCUT2D eigenvalue weighted by Crippen LogP contribution is -2.11. The highest BCUT2D eigenvalue weighted by Crippen LogP contribution is 2.28. The number of nitro benzene ring substituents is 1. The van der Waals surface area contributed by atoms with Gasteiger partial charge in [0.05, 0.1) is 4.92 Å². The minimum Gasteiger partial charge on any atom is -0.480 e. The molecule has 1 atom stereocenters. The van der Waals surface area contributed by atoms with E-state index in [0.29, 0.717) is 4.90 Å². The Bertz CT molecular complexity index is 510. The summed E-state index contributed by atoms with van der Waals surface area (Å²) in [6.45, 7) is 1.48. The van der Waals surface area contributed by atoms with Crippen LogP contribution in [0.2, 0.25) is 0 Å². The maximum atomic E-state index is 10.7. The Morgan fingerprint density at radius 3 is 2.76 bits per heavy atom. The van der Waals surface area contributed by atoms with Gasteiger partial charge in [0.2, 0.25) is 0 Å². The van der Waals surface area contributed by atoms with E-state index in [1.165, 1.54) is 25.1 Å². The zero-order valence-electron chi connectivity index (χ0n) is 8.78. The molecule has 0 heterocycles. The lowest BCUT2D eigenvalue weighted by Gasteiger charge is -2.05. The van der Waals surface area contributed by atoms with Gasteiger partial charge in [0, 0.05) is 11.0 Å². The van der Waals surface area contributed by atoms with Crippen LogP contribution < -0.4 is 0 Å². The molecule has 0 saturated heterocycles. The lowest BCUT2D eigenvalue weighted by atomic mass is 10.2. The van der Waals surface area contributed by atoms with Crippen LogP contribution in [0.4, 0.5) is 5.69 Å². The molecule has 0 saturated carbocycles. The van der Waals surface area contributed by atoms with Gasteiger partial charge in [-0.2, -0.15) is 5.26 Å². The van der Waals surface area contributed by atoms with Crippen molar-refractivity contribution in [1.82, 2.24) is 0 Å². The monoisotopic (exact) mass is 252 g/mol. The average molecular weight is 252 g/mol. The molecule has 17 heavy (non-hydrogen) atoms. The van der Waals surface area contributed by atoms with E-state index < -0.39 is 16.1 Å². The van der Waals surface area contributed by atoms with E-state index in [1.807, 2.05) is 0 Å². The number of hydrogen-bond donors (Lipinski definition) is 1. The van der Waals surface area contributed by atoms with Crippen molar-refractivity contribution < 1.29 is 14.8 Å². The second-order valence-corrected chi connectivity index (χ2v) is 4.56. The fourth-order valence-corrected chi connectivity index (χ4v) is 1.92. The topological polar surface area (TPSA) is 104 Å². The molecule has 7 heteroatoms. The Hall–Kier alpha value is -2.07. The summed E-state index contributed by atoms with van der Waals surface area (Å²) in [4.78, 5) is 21.1. The van der Waals surface area contributed by atoms with Crippen molar-refractivity contribution in [2.45, 2.75) is 17.1 Å². The molecule has 0 radical (unpaired) electrons. The maximum absolute atomic E-state index is 10.7. The second kappa shape index (κ2) is 5.32. The highest BCUT2D eigenvalue weighted by atomic mass is 32.2. The molecule has 0 fully saturated rings. The first-order valence-electron chi connectivity index (χ1n) is 4.53. The molecular weight excluding hydrogens is 244 g/mol. The molecule has 0 aliphatic carbocycles. The van der Waals surface area contributed by atoms with E-state index in [9.17, 15) is 14.9 Å². The number of carbonyl (C=O) groups is 1. The van der Waals surface area contributed by atoms with Crippen LogP contribution in [0.25, 0.3) is 0 Å². The molecule has 88 valence electrons. The fourth-order valence-electron chi connectivity index (χ4n) is 1.08. The molecule has 0 spiro atoms. The van der Waals surface area contributed by atoms with Crippen LogP contribution in [0.15, 0.2) is 23.1 Å². The number of nitrogens with zero attached hydrogens (tertiary/aromatic N) is 2. The number of nitro groups is 1. The molecule has 0 aromatic heterocycles. The number of aliphatic carboxylic acids is 1. The number of hydrogen-bond acceptors (Lipinski definition) is 5. The van der Waals surface area contributed by atoms with E-state index in [2.05, 4.69) is 0 Å². The highest BCUT2D eigenvalue weighted by molar-refractivity contribution is 8.00. The van der Waals surface area contributed by atoms with Gasteiger partial charge in [-0.3, -0.25) is 14.9 Å². The SMILES string of the molecule is CC(Sc1ccc(C#N)c([N+](=O)[O-])c1)C(=O)O. The van der Waals surface area contributed by atoms with Crippen molar-refractivity contribution in [2.24, 2.45) is 0 Å². The fraction of sp³-hybridized carbons (Fsp3) is 0.200. The van der Waals surface area contributed by atoms with Crippen molar-refractivity contribution in [2.75, 3.05) is 0 Å². The molecule has 1 aromatic carbocycles. The van der Waals surface area contributed by atoms with Crippen molar-refractivity contribution >= 4 is 23.4 Å². The molecule has 1 N–H and O–H groups in total. The standard InChI is InChI=1S/C10H8N2O4S/c1-6(10(13)14)17-8-3-2-7(5-11)9(4-8)12(15)16/h2-4,6H,1H3,(H,13,14). The van der Waals surface area contributed by atoms with Gasteiger partial charge in [-0.05, 0) is 19.1 Å². The number of nitriles is 1. The van der Waals surface area contributed by atoms with Gasteiger partial charge in [-0.25, -0.2) is 0 Å². The quantitative estimate of drug-likeness (QED) is 0.499. The van der Waals surface area contributed by atoms with Crippen molar-refractivity contribution in [3.8, 4) is 6.07 Å². The molecule has 0 amide bonds. The number of carboxylic acids is 1. The summed E-state index contributed by atoms with van der Waals surface area (Å²) in [6, 6.07) is 5.73. The zero-order chi connectivity index (χ0) is 13.0. The Balaban J connectivity index is 3.05. The van der Waals surface area contributed by atoms with Gasteiger partial charge < -0.3 is 5.11 Å². The van der Waals surface area contributed by atoms with E-state index in [4.69, 9.17) is 10.4 Å². The molecule has 1 unspecified atom stereocenters. The van der Waals surface area contributed by atoms with Crippen LogP contribution in [0, 0.1) is 21.4 Å². The van der Waals surface area contributed by atoms with Crippen LogP contribution in [0.1, 0.15) is 12.5 Å². The van der Waals surface area contributed by atoms with E-state index >= 15 is 0 Å². The Morgan fingerprint density at radius 2 is 2.29 bits per heavy atom. The third-order valence-corrected chi connectivity index (χ3v) is 3.03. The molecular formula is C10H8N2O4S. The molecule has 1 rings (SSSR count). The summed E-state index contributed by atoms with van der Waals surface area (Å²) >= 11 is 0.989. The third-order valence-electron chi connectivity index (χ3n) is 1.95. The molecule has 0 aliphatic rings. The van der Waals surface area contributed by atoms with Crippen LogP contribution in [-0.4, -0.2) is 21.2 Å². The smallest absolute Gasteiger partial charge is 0.316 e. The van der Waals surface area contributed by atoms with Gasteiger partial charge in [-0.15, -0.1) is 11.8 Å². The number of rotatable bonds is 4. The van der Waals surface area contributed by atoms with Crippen LogP contribution in [-0.2, 0) is 4.79 Å². The minimum absolute atomic E-state index is 0.0395. The van der Waals surface area contributed by atoms with Gasteiger partial charge in [0.25, 0.3) is 5.69 Å². The Kier molecular flexibility index (Phi) is 4.06. The summed E-state index contributed by atoms with van der Waals surface area (Å²) < 4.78 is 0. The van der Waals surface area contributed by atoms with Gasteiger partial charge in [0.1, 0.15) is 16.9 Å². The van der Waals surface area contributed by atoms with Crippen molar-refractivity contribution in [1.29, 1.82) is 5.26 Å². The summed E-state index contributed by atoms with van der Waals surface area (Å²) in [7, 11) is 0. The number of carboxylic acid groups (broad SMARTS) is 1. The van der Waals surface area contributed by atoms with Gasteiger partial charge in [-0.1, -0.05) is 0 Å². The predicted octanol–water partition coefficient (Wildman–Crippen LogP) is 2.03. The summed E-state index contributed by atoms with van der Waals surface area (Å²) in [6.07, 6.45) is 0. The van der Waals surface area contributed by atoms with Crippen LogP contribution in [0.3, 0.4) is 0 Å². The first kappa shape index (κ1) is 13.0. The molecule has 0 bridgehead atoms. The van der Waals surface area contributed by atoms with Gasteiger partial charge in [0.15, 0.2) is 0 Å². The Labute approximate surface area is 101 Å². The largest absolute Gasteiger partial charge is 0.480 e. The van der Waals surface area contributed by atoms with E-state index in [1.54, 1.807) is 6.07 Å². The minimum atomic E-state index is -0.998. The van der Waals surface area contributed by atoms with Crippen molar-refractivity contribution in [3.63, 3.8) is 0 Å².